The Morgan fingerprint density at radius 2 is 1.59 bits per heavy atom. The minimum Gasteiger partial charge on any atom is -0.494 e. The van der Waals surface area contributed by atoms with Crippen molar-refractivity contribution in [3.8, 4) is 5.75 Å². The minimum absolute atomic E-state index is 0.235. The van der Waals surface area contributed by atoms with Gasteiger partial charge in [-0.25, -0.2) is 0 Å². The van der Waals surface area contributed by atoms with Crippen LogP contribution in [0.3, 0.4) is 0 Å². The molecular weight excluding hydrogens is 366 g/mol. The highest BCUT2D eigenvalue weighted by Crippen LogP contribution is 2.18. The number of pyridine rings is 1. The Morgan fingerprint density at radius 1 is 0.897 bits per heavy atom. The molecule has 0 bridgehead atoms. The van der Waals surface area contributed by atoms with Crippen molar-refractivity contribution >= 4 is 23.2 Å². The summed E-state index contributed by atoms with van der Waals surface area (Å²) in [4.78, 5) is 28.7. The van der Waals surface area contributed by atoms with E-state index in [9.17, 15) is 9.59 Å². The molecule has 2 amide bonds. The van der Waals surface area contributed by atoms with Crippen molar-refractivity contribution in [2.45, 2.75) is 19.8 Å². The van der Waals surface area contributed by atoms with Crippen LogP contribution >= 0.6 is 0 Å². The van der Waals surface area contributed by atoms with Gasteiger partial charge in [-0.15, -0.1) is 0 Å². The molecule has 3 rings (SSSR count). The Balaban J connectivity index is 1.60. The van der Waals surface area contributed by atoms with Gasteiger partial charge >= 0.3 is 0 Å². The molecule has 0 saturated carbocycles. The van der Waals surface area contributed by atoms with E-state index in [2.05, 4.69) is 22.5 Å². The average molecular weight is 389 g/mol. The lowest BCUT2D eigenvalue weighted by molar-refractivity contribution is 0.101. The number of carbonyl (C=O) groups excluding carboxylic acids is 2. The second-order valence-electron chi connectivity index (χ2n) is 6.46. The van der Waals surface area contributed by atoms with Crippen LogP contribution < -0.4 is 15.4 Å². The van der Waals surface area contributed by atoms with E-state index in [1.54, 1.807) is 66.9 Å². The summed E-state index contributed by atoms with van der Waals surface area (Å²) in [6.45, 7) is 2.77. The quantitative estimate of drug-likeness (QED) is 0.544. The summed E-state index contributed by atoms with van der Waals surface area (Å²) in [6.07, 6.45) is 5.17. The molecule has 29 heavy (non-hydrogen) atoms. The molecule has 6 nitrogen and oxygen atoms in total. The van der Waals surface area contributed by atoms with Crippen molar-refractivity contribution in [1.29, 1.82) is 0 Å². The Kier molecular flexibility index (Phi) is 6.95. The highest BCUT2D eigenvalue weighted by Gasteiger charge is 2.09. The zero-order valence-electron chi connectivity index (χ0n) is 16.2. The third kappa shape index (κ3) is 5.90. The van der Waals surface area contributed by atoms with Crippen LogP contribution in [0.1, 0.15) is 40.5 Å². The van der Waals surface area contributed by atoms with E-state index in [1.807, 2.05) is 0 Å². The van der Waals surface area contributed by atoms with Crippen molar-refractivity contribution in [3.05, 3.63) is 84.2 Å². The average Bonchev–Trinajstić information content (AvgIpc) is 2.75. The number of carbonyl (C=O) groups is 2. The van der Waals surface area contributed by atoms with Gasteiger partial charge in [-0.2, -0.15) is 0 Å². The molecule has 3 aromatic rings. The van der Waals surface area contributed by atoms with Gasteiger partial charge in [0.25, 0.3) is 11.8 Å². The molecule has 0 saturated heterocycles. The maximum atomic E-state index is 12.5. The van der Waals surface area contributed by atoms with Crippen molar-refractivity contribution in [3.63, 3.8) is 0 Å². The lowest BCUT2D eigenvalue weighted by Gasteiger charge is -2.10. The summed E-state index contributed by atoms with van der Waals surface area (Å²) in [5, 5.41) is 5.64. The number of aromatic nitrogens is 1. The second kappa shape index (κ2) is 10.0. The fraction of sp³-hybridized carbons (Fsp3) is 0.174. The smallest absolute Gasteiger partial charge is 0.257 e. The van der Waals surface area contributed by atoms with Crippen molar-refractivity contribution in [1.82, 2.24) is 4.98 Å². The monoisotopic (exact) mass is 389 g/mol. The molecule has 0 aliphatic rings. The minimum atomic E-state index is -0.264. The summed E-state index contributed by atoms with van der Waals surface area (Å²) in [5.74, 6) is 0.246. The van der Waals surface area contributed by atoms with Crippen LogP contribution in [0.15, 0.2) is 73.1 Å². The van der Waals surface area contributed by atoms with Gasteiger partial charge in [0.15, 0.2) is 0 Å². The maximum Gasteiger partial charge on any atom is 0.257 e. The lowest BCUT2D eigenvalue weighted by atomic mass is 10.2. The third-order valence-electron chi connectivity index (χ3n) is 4.19. The van der Waals surface area contributed by atoms with Crippen molar-refractivity contribution < 1.29 is 14.3 Å². The molecule has 148 valence electrons. The molecule has 0 aliphatic carbocycles. The van der Waals surface area contributed by atoms with Crippen molar-refractivity contribution in [2.75, 3.05) is 17.2 Å². The maximum absolute atomic E-state index is 12.5. The van der Waals surface area contributed by atoms with Gasteiger partial charge in [0.05, 0.1) is 12.2 Å². The van der Waals surface area contributed by atoms with E-state index in [-0.39, 0.29) is 11.8 Å². The number of nitrogens with one attached hydrogen (secondary N) is 2. The third-order valence-corrected chi connectivity index (χ3v) is 4.19. The number of ether oxygens (including phenoxy) is 1. The number of hydrogen-bond acceptors (Lipinski definition) is 4. The van der Waals surface area contributed by atoms with E-state index < -0.39 is 0 Å². The van der Waals surface area contributed by atoms with Crippen LogP contribution in [-0.4, -0.2) is 23.4 Å². The van der Waals surface area contributed by atoms with E-state index in [0.29, 0.717) is 29.1 Å². The molecule has 2 aromatic carbocycles. The van der Waals surface area contributed by atoms with E-state index in [4.69, 9.17) is 4.74 Å². The normalized spacial score (nSPS) is 10.2. The van der Waals surface area contributed by atoms with Gasteiger partial charge < -0.3 is 15.4 Å². The van der Waals surface area contributed by atoms with E-state index in [1.165, 1.54) is 6.20 Å². The van der Waals surface area contributed by atoms with Crippen LogP contribution in [0.2, 0.25) is 0 Å². The number of anilines is 2. The number of rotatable bonds is 8. The SMILES string of the molecule is CCCCOc1ccc(C(=O)Nc2cccc(NC(=O)c3cccnc3)c2)cc1. The number of nitrogens with zero attached hydrogens (tertiary/aromatic N) is 1. The molecule has 0 unspecified atom stereocenters. The van der Waals surface area contributed by atoms with Gasteiger partial charge in [-0.3, -0.25) is 14.6 Å². The second-order valence-corrected chi connectivity index (χ2v) is 6.46. The fourth-order valence-corrected chi connectivity index (χ4v) is 2.62. The Labute approximate surface area is 169 Å². The first-order chi connectivity index (χ1) is 14.2. The first-order valence-electron chi connectivity index (χ1n) is 9.51. The number of hydrogen-bond donors (Lipinski definition) is 2. The number of unbranched alkanes of at least 4 members (excludes halogenated alkanes) is 1. The van der Waals surface area contributed by atoms with Crippen LogP contribution in [0.25, 0.3) is 0 Å². The van der Waals surface area contributed by atoms with Crippen molar-refractivity contribution in [2.24, 2.45) is 0 Å². The van der Waals surface area contributed by atoms with Gasteiger partial charge in [0, 0.05) is 29.3 Å². The first-order valence-corrected chi connectivity index (χ1v) is 9.51. The molecule has 0 fully saturated rings. The largest absolute Gasteiger partial charge is 0.494 e. The molecule has 1 aromatic heterocycles. The van der Waals surface area contributed by atoms with Gasteiger partial charge in [-0.05, 0) is 61.0 Å². The highest BCUT2D eigenvalue weighted by molar-refractivity contribution is 6.06. The zero-order valence-corrected chi connectivity index (χ0v) is 16.2. The predicted octanol–water partition coefficient (Wildman–Crippen LogP) is 4.77. The molecule has 2 N–H and O–H groups in total. The molecule has 0 radical (unpaired) electrons. The fourth-order valence-electron chi connectivity index (χ4n) is 2.62. The summed E-state index contributed by atoms with van der Waals surface area (Å²) in [7, 11) is 0. The summed E-state index contributed by atoms with van der Waals surface area (Å²) >= 11 is 0. The van der Waals surface area contributed by atoms with Crippen LogP contribution in [0.5, 0.6) is 5.75 Å². The van der Waals surface area contributed by atoms with Crippen LogP contribution in [0.4, 0.5) is 11.4 Å². The van der Waals surface area contributed by atoms with E-state index >= 15 is 0 Å². The van der Waals surface area contributed by atoms with Gasteiger partial charge in [-0.1, -0.05) is 19.4 Å². The summed E-state index contributed by atoms with van der Waals surface area (Å²) in [5.41, 5.74) is 2.15. The highest BCUT2D eigenvalue weighted by atomic mass is 16.5. The Hall–Kier alpha value is -3.67. The first kappa shape index (κ1) is 20.1. The van der Waals surface area contributed by atoms with Crippen LogP contribution in [0, 0.1) is 0 Å². The Morgan fingerprint density at radius 3 is 2.21 bits per heavy atom. The topological polar surface area (TPSA) is 80.3 Å². The molecular formula is C23H23N3O3. The van der Waals surface area contributed by atoms with Crippen LogP contribution in [-0.2, 0) is 0 Å². The predicted molar refractivity (Wildman–Crippen MR) is 113 cm³/mol. The van der Waals surface area contributed by atoms with Gasteiger partial charge in [0.2, 0.25) is 0 Å². The number of benzene rings is 2. The van der Waals surface area contributed by atoms with Gasteiger partial charge in [0.1, 0.15) is 5.75 Å². The number of amides is 2. The van der Waals surface area contributed by atoms with E-state index in [0.717, 1.165) is 18.6 Å². The molecule has 0 aliphatic heterocycles. The molecule has 1 heterocycles. The Bertz CT molecular complexity index is 957. The molecule has 0 atom stereocenters. The summed E-state index contributed by atoms with van der Waals surface area (Å²) in [6, 6.07) is 17.4. The zero-order chi connectivity index (χ0) is 20.5. The molecule has 6 heteroatoms. The lowest BCUT2D eigenvalue weighted by Crippen LogP contribution is -2.14. The molecule has 0 spiro atoms. The standard InChI is InChI=1S/C23H23N3O3/c1-2-3-14-29-21-11-9-17(10-12-21)22(27)25-19-7-4-8-20(15-19)26-23(28)18-6-5-13-24-16-18/h4-13,15-16H,2-3,14H2,1H3,(H,25,27)(H,26,28). The summed E-state index contributed by atoms with van der Waals surface area (Å²) < 4.78 is 5.61.